The molecule has 0 saturated heterocycles. The molecule has 4 unspecified atom stereocenters. The zero-order chi connectivity index (χ0) is 15.0. The van der Waals surface area contributed by atoms with Crippen molar-refractivity contribution in [1.29, 1.82) is 0 Å². The molecule has 0 aromatic heterocycles. The summed E-state index contributed by atoms with van der Waals surface area (Å²) < 4.78 is 14.3. The van der Waals surface area contributed by atoms with Gasteiger partial charge in [0.25, 0.3) is 0 Å². The van der Waals surface area contributed by atoms with E-state index in [4.69, 9.17) is 0 Å². The summed E-state index contributed by atoms with van der Waals surface area (Å²) in [6, 6.07) is 3.53. The van der Waals surface area contributed by atoms with Crippen LogP contribution in [-0.4, -0.2) is 5.11 Å². The molecule has 0 radical (unpaired) electrons. The fourth-order valence-corrected chi connectivity index (χ4v) is 4.73. The van der Waals surface area contributed by atoms with E-state index >= 15 is 0 Å². The van der Waals surface area contributed by atoms with Crippen LogP contribution in [0, 0.1) is 37.4 Å². The SMILES string of the molecule is Cc1cc(C)c(C(O)C2CCC3CCCCC3C2)c(F)c1. The Bertz CT molecular complexity index is 487. The van der Waals surface area contributed by atoms with Crippen molar-refractivity contribution in [2.24, 2.45) is 17.8 Å². The van der Waals surface area contributed by atoms with Gasteiger partial charge in [-0.25, -0.2) is 4.39 Å². The molecule has 0 spiro atoms. The van der Waals surface area contributed by atoms with Gasteiger partial charge in [-0.15, -0.1) is 0 Å². The van der Waals surface area contributed by atoms with Crippen molar-refractivity contribution in [3.63, 3.8) is 0 Å². The van der Waals surface area contributed by atoms with Gasteiger partial charge in [-0.2, -0.15) is 0 Å². The Kier molecular flexibility index (Phi) is 4.35. The van der Waals surface area contributed by atoms with Crippen molar-refractivity contribution in [2.75, 3.05) is 0 Å². The molecule has 116 valence electrons. The second-order valence-electron chi connectivity index (χ2n) is 7.30. The normalized spacial score (nSPS) is 30.8. The topological polar surface area (TPSA) is 20.2 Å². The van der Waals surface area contributed by atoms with Crippen LogP contribution in [0.5, 0.6) is 0 Å². The second-order valence-corrected chi connectivity index (χ2v) is 7.30. The van der Waals surface area contributed by atoms with Crippen molar-refractivity contribution < 1.29 is 9.50 Å². The lowest BCUT2D eigenvalue weighted by Crippen LogP contribution is -2.30. The summed E-state index contributed by atoms with van der Waals surface area (Å²) in [5.74, 6) is 1.64. The first-order valence-electron chi connectivity index (χ1n) is 8.51. The van der Waals surface area contributed by atoms with Crippen molar-refractivity contribution in [3.8, 4) is 0 Å². The van der Waals surface area contributed by atoms with E-state index in [1.807, 2.05) is 19.9 Å². The van der Waals surface area contributed by atoms with Gasteiger partial charge in [-0.3, -0.25) is 0 Å². The molecule has 3 rings (SSSR count). The van der Waals surface area contributed by atoms with Crippen molar-refractivity contribution >= 4 is 0 Å². The van der Waals surface area contributed by atoms with Crippen LogP contribution in [0.2, 0.25) is 0 Å². The summed E-state index contributed by atoms with van der Waals surface area (Å²) in [4.78, 5) is 0. The average Bonchev–Trinajstić information content (AvgIpc) is 2.45. The van der Waals surface area contributed by atoms with E-state index in [9.17, 15) is 9.50 Å². The van der Waals surface area contributed by atoms with E-state index < -0.39 is 6.10 Å². The van der Waals surface area contributed by atoms with Crippen molar-refractivity contribution in [2.45, 2.75) is 64.9 Å². The fourth-order valence-electron chi connectivity index (χ4n) is 4.73. The minimum Gasteiger partial charge on any atom is -0.388 e. The number of hydrogen-bond acceptors (Lipinski definition) is 1. The number of aliphatic hydroxyl groups excluding tert-OH is 1. The Morgan fingerprint density at radius 2 is 1.76 bits per heavy atom. The molecule has 2 aliphatic rings. The van der Waals surface area contributed by atoms with Crippen LogP contribution in [0.4, 0.5) is 4.39 Å². The highest BCUT2D eigenvalue weighted by atomic mass is 19.1. The zero-order valence-electron chi connectivity index (χ0n) is 13.2. The molecule has 1 N–H and O–H groups in total. The minimum absolute atomic E-state index is 0.231. The van der Waals surface area contributed by atoms with Gasteiger partial charge in [0.1, 0.15) is 5.82 Å². The van der Waals surface area contributed by atoms with Crippen molar-refractivity contribution in [3.05, 3.63) is 34.6 Å². The molecular formula is C19H27FO. The summed E-state index contributed by atoms with van der Waals surface area (Å²) in [5.41, 5.74) is 2.36. The highest BCUT2D eigenvalue weighted by molar-refractivity contribution is 5.34. The maximum absolute atomic E-state index is 14.3. The molecule has 4 atom stereocenters. The molecule has 0 amide bonds. The predicted octanol–water partition coefficient (Wildman–Crippen LogP) is 5.08. The van der Waals surface area contributed by atoms with E-state index in [0.717, 1.165) is 35.8 Å². The Morgan fingerprint density at radius 3 is 2.48 bits per heavy atom. The number of rotatable bonds is 2. The van der Waals surface area contributed by atoms with E-state index in [1.54, 1.807) is 6.07 Å². The summed E-state index contributed by atoms with van der Waals surface area (Å²) in [7, 11) is 0. The van der Waals surface area contributed by atoms with Gasteiger partial charge in [-0.1, -0.05) is 31.7 Å². The Balaban J connectivity index is 1.78. The molecule has 2 heteroatoms. The van der Waals surface area contributed by atoms with Gasteiger partial charge >= 0.3 is 0 Å². The standard InChI is InChI=1S/C19H27FO/c1-12-9-13(2)18(17(20)10-12)19(21)16-8-7-14-5-3-4-6-15(14)11-16/h9-10,14-16,19,21H,3-8,11H2,1-2H3. The summed E-state index contributed by atoms with van der Waals surface area (Å²) in [6.45, 7) is 3.82. The molecule has 2 aliphatic carbocycles. The van der Waals surface area contributed by atoms with Gasteiger partial charge in [0.15, 0.2) is 0 Å². The van der Waals surface area contributed by atoms with Crippen LogP contribution < -0.4 is 0 Å². The third kappa shape index (κ3) is 3.01. The third-order valence-corrected chi connectivity index (χ3v) is 5.80. The average molecular weight is 290 g/mol. The van der Waals surface area contributed by atoms with Crippen LogP contribution in [0.25, 0.3) is 0 Å². The zero-order valence-corrected chi connectivity index (χ0v) is 13.2. The first-order chi connectivity index (χ1) is 10.1. The van der Waals surface area contributed by atoms with Gasteiger partial charge in [0, 0.05) is 5.56 Å². The first-order valence-corrected chi connectivity index (χ1v) is 8.51. The molecule has 0 heterocycles. The second kappa shape index (κ2) is 6.08. The highest BCUT2D eigenvalue weighted by Crippen LogP contribution is 2.46. The largest absolute Gasteiger partial charge is 0.388 e. The summed E-state index contributed by atoms with van der Waals surface area (Å²) >= 11 is 0. The Morgan fingerprint density at radius 1 is 1.05 bits per heavy atom. The van der Waals surface area contributed by atoms with Gasteiger partial charge in [0.2, 0.25) is 0 Å². The highest BCUT2D eigenvalue weighted by Gasteiger charge is 2.36. The van der Waals surface area contributed by atoms with Crippen LogP contribution in [0.1, 0.15) is 67.7 Å². The number of benzene rings is 1. The molecular weight excluding hydrogens is 263 g/mol. The molecule has 2 saturated carbocycles. The lowest BCUT2D eigenvalue weighted by molar-refractivity contribution is 0.0327. The van der Waals surface area contributed by atoms with Gasteiger partial charge in [-0.05, 0) is 68.1 Å². The van der Waals surface area contributed by atoms with Crippen LogP contribution in [0.3, 0.4) is 0 Å². The Labute approximate surface area is 127 Å². The molecule has 21 heavy (non-hydrogen) atoms. The molecule has 1 aromatic rings. The van der Waals surface area contributed by atoms with E-state index in [2.05, 4.69) is 0 Å². The van der Waals surface area contributed by atoms with Gasteiger partial charge < -0.3 is 5.11 Å². The predicted molar refractivity (Wildman–Crippen MR) is 83.6 cm³/mol. The van der Waals surface area contributed by atoms with Crippen molar-refractivity contribution in [1.82, 2.24) is 0 Å². The minimum atomic E-state index is -0.631. The van der Waals surface area contributed by atoms with E-state index in [1.165, 1.54) is 32.1 Å². The maximum atomic E-state index is 14.3. The lowest BCUT2D eigenvalue weighted by Gasteiger charge is -2.41. The third-order valence-electron chi connectivity index (χ3n) is 5.80. The number of hydrogen-bond donors (Lipinski definition) is 1. The number of halogens is 1. The number of fused-ring (bicyclic) bond motifs is 1. The smallest absolute Gasteiger partial charge is 0.129 e. The number of aryl methyl sites for hydroxylation is 2. The fraction of sp³-hybridized carbons (Fsp3) is 0.684. The monoisotopic (exact) mass is 290 g/mol. The number of aliphatic hydroxyl groups is 1. The van der Waals surface area contributed by atoms with E-state index in [0.29, 0.717) is 5.56 Å². The summed E-state index contributed by atoms with van der Waals surface area (Å²) in [5, 5.41) is 10.7. The molecule has 1 aromatic carbocycles. The molecule has 0 aliphatic heterocycles. The quantitative estimate of drug-likeness (QED) is 0.805. The van der Waals surface area contributed by atoms with Gasteiger partial charge in [0.05, 0.1) is 6.10 Å². The Hall–Kier alpha value is -0.890. The molecule has 0 bridgehead atoms. The maximum Gasteiger partial charge on any atom is 0.129 e. The molecule has 2 fully saturated rings. The summed E-state index contributed by atoms with van der Waals surface area (Å²) in [6.07, 6.45) is 8.11. The van der Waals surface area contributed by atoms with Crippen LogP contribution >= 0.6 is 0 Å². The van der Waals surface area contributed by atoms with Crippen LogP contribution in [0.15, 0.2) is 12.1 Å². The first kappa shape index (κ1) is 15.0. The lowest BCUT2D eigenvalue weighted by atomic mass is 9.66. The molecule has 1 nitrogen and oxygen atoms in total. The van der Waals surface area contributed by atoms with Crippen LogP contribution in [-0.2, 0) is 0 Å². The van der Waals surface area contributed by atoms with E-state index in [-0.39, 0.29) is 11.7 Å².